The molecule has 1 spiro atoms. The Balaban J connectivity index is 1.32. The van der Waals surface area contributed by atoms with Crippen molar-refractivity contribution in [1.82, 2.24) is 24.3 Å². The number of nitrogens with zero attached hydrogens (tertiary/aromatic N) is 5. The first-order chi connectivity index (χ1) is 13.7. The highest BCUT2D eigenvalue weighted by Crippen LogP contribution is 2.40. The van der Waals surface area contributed by atoms with E-state index in [4.69, 9.17) is 4.74 Å². The number of likely N-dealkylation sites (tertiary alicyclic amines) is 2. The minimum atomic E-state index is -0.448. The van der Waals surface area contributed by atoms with E-state index in [2.05, 4.69) is 31.6 Å². The molecule has 0 saturated carbocycles. The first-order valence-corrected chi connectivity index (χ1v) is 10.3. The number of fused-ring (bicyclic) bond motifs is 2. The third-order valence-electron chi connectivity index (χ3n) is 6.37. The summed E-state index contributed by atoms with van der Waals surface area (Å²) in [4.78, 5) is 26.2. The molecule has 7 heteroatoms. The lowest BCUT2D eigenvalue weighted by molar-refractivity contribution is -0.180. The number of imidazole rings is 1. The summed E-state index contributed by atoms with van der Waals surface area (Å²) in [6.07, 6.45) is 11.0. The molecule has 0 aromatic carbocycles. The average molecular weight is 381 g/mol. The fourth-order valence-corrected chi connectivity index (χ4v) is 4.83. The van der Waals surface area contributed by atoms with Crippen molar-refractivity contribution in [2.75, 3.05) is 26.2 Å². The molecule has 2 aromatic rings. The van der Waals surface area contributed by atoms with Crippen LogP contribution in [0.15, 0.2) is 36.9 Å². The second kappa shape index (κ2) is 7.29. The summed E-state index contributed by atoms with van der Waals surface area (Å²) < 4.78 is 8.70. The zero-order valence-corrected chi connectivity index (χ0v) is 16.2. The van der Waals surface area contributed by atoms with Crippen LogP contribution in [0, 0.1) is 0 Å². The maximum Gasteiger partial charge on any atom is 0.253 e. The lowest BCUT2D eigenvalue weighted by Gasteiger charge is -2.46. The Kier molecular flexibility index (Phi) is 4.64. The normalized spacial score (nSPS) is 24.4. The summed E-state index contributed by atoms with van der Waals surface area (Å²) in [6, 6.07) is 4.14. The van der Waals surface area contributed by atoms with Gasteiger partial charge in [0.15, 0.2) is 6.10 Å². The molecule has 3 aliphatic heterocycles. The van der Waals surface area contributed by atoms with Gasteiger partial charge in [-0.15, -0.1) is 0 Å². The number of piperidine rings is 1. The van der Waals surface area contributed by atoms with Gasteiger partial charge in [0.25, 0.3) is 5.91 Å². The average Bonchev–Trinajstić information content (AvgIpc) is 3.42. The van der Waals surface area contributed by atoms with Gasteiger partial charge in [-0.05, 0) is 43.4 Å². The van der Waals surface area contributed by atoms with Gasteiger partial charge in [0.1, 0.15) is 11.4 Å². The Morgan fingerprint density at radius 3 is 2.61 bits per heavy atom. The first kappa shape index (κ1) is 17.8. The lowest BCUT2D eigenvalue weighted by Crippen LogP contribution is -2.54. The molecule has 0 bridgehead atoms. The van der Waals surface area contributed by atoms with Crippen LogP contribution in [0.25, 0.3) is 0 Å². The summed E-state index contributed by atoms with van der Waals surface area (Å²) in [7, 11) is 0. The maximum atomic E-state index is 13.0. The van der Waals surface area contributed by atoms with Gasteiger partial charge in [0.2, 0.25) is 0 Å². The van der Waals surface area contributed by atoms with Crippen LogP contribution in [0.3, 0.4) is 0 Å². The van der Waals surface area contributed by atoms with Crippen molar-refractivity contribution in [3.05, 3.63) is 48.3 Å². The Morgan fingerprint density at radius 1 is 1.11 bits per heavy atom. The third kappa shape index (κ3) is 3.22. The van der Waals surface area contributed by atoms with Crippen molar-refractivity contribution in [2.24, 2.45) is 0 Å². The van der Waals surface area contributed by atoms with Gasteiger partial charge in [0, 0.05) is 57.5 Å². The third-order valence-corrected chi connectivity index (χ3v) is 6.37. The first-order valence-electron chi connectivity index (χ1n) is 10.3. The predicted molar refractivity (Wildman–Crippen MR) is 103 cm³/mol. The van der Waals surface area contributed by atoms with Crippen LogP contribution < -0.4 is 0 Å². The summed E-state index contributed by atoms with van der Waals surface area (Å²) in [5, 5.41) is 0. The minimum Gasteiger partial charge on any atom is -0.352 e. The Bertz CT molecular complexity index is 822. The number of carbonyl (C=O) groups excluding carboxylic acids is 1. The molecule has 5 rings (SSSR count). The fraction of sp³-hybridized carbons (Fsp3) is 0.571. The molecule has 7 nitrogen and oxygen atoms in total. The molecule has 1 atom stereocenters. The second-order valence-corrected chi connectivity index (χ2v) is 8.17. The molecular formula is C21H27N5O2. The summed E-state index contributed by atoms with van der Waals surface area (Å²) in [5.74, 6) is 1.14. The Labute approximate surface area is 165 Å². The topological polar surface area (TPSA) is 63.5 Å². The van der Waals surface area contributed by atoms with E-state index in [0.29, 0.717) is 6.54 Å². The van der Waals surface area contributed by atoms with Crippen LogP contribution in [-0.4, -0.2) is 62.5 Å². The number of pyridine rings is 1. The van der Waals surface area contributed by atoms with Gasteiger partial charge in [-0.25, -0.2) is 4.98 Å². The molecule has 28 heavy (non-hydrogen) atoms. The van der Waals surface area contributed by atoms with Gasteiger partial charge in [0.05, 0.1) is 6.54 Å². The highest BCUT2D eigenvalue weighted by molar-refractivity contribution is 5.81. The SMILES string of the molecule is O=C([C@H]1Cn2ccnc2C2(CCN(Cc3ccncc3)CC2)O1)N1CCCC1. The van der Waals surface area contributed by atoms with Crippen LogP contribution in [0.1, 0.15) is 37.1 Å². The van der Waals surface area contributed by atoms with Crippen LogP contribution in [0.2, 0.25) is 0 Å². The zero-order chi connectivity index (χ0) is 19.0. The van der Waals surface area contributed by atoms with Crippen LogP contribution in [0.5, 0.6) is 0 Å². The lowest BCUT2D eigenvalue weighted by atomic mass is 9.88. The van der Waals surface area contributed by atoms with E-state index in [1.807, 2.05) is 29.7 Å². The second-order valence-electron chi connectivity index (χ2n) is 8.17. The zero-order valence-electron chi connectivity index (χ0n) is 16.2. The molecule has 2 saturated heterocycles. The molecule has 148 valence electrons. The van der Waals surface area contributed by atoms with Crippen LogP contribution in [0.4, 0.5) is 0 Å². The molecule has 0 radical (unpaired) electrons. The maximum absolute atomic E-state index is 13.0. The highest BCUT2D eigenvalue weighted by atomic mass is 16.5. The van der Waals surface area contributed by atoms with Gasteiger partial charge in [-0.1, -0.05) is 0 Å². The van der Waals surface area contributed by atoms with Gasteiger partial charge in [-0.3, -0.25) is 14.7 Å². The number of hydrogen-bond acceptors (Lipinski definition) is 5. The van der Waals surface area contributed by atoms with E-state index in [0.717, 1.165) is 64.2 Å². The van der Waals surface area contributed by atoms with Gasteiger partial charge < -0.3 is 14.2 Å². The Hall–Kier alpha value is -2.25. The number of aromatic nitrogens is 3. The van der Waals surface area contributed by atoms with Gasteiger partial charge in [-0.2, -0.15) is 0 Å². The van der Waals surface area contributed by atoms with Crippen molar-refractivity contribution in [3.63, 3.8) is 0 Å². The molecule has 2 aromatic heterocycles. The largest absolute Gasteiger partial charge is 0.352 e. The van der Waals surface area contributed by atoms with E-state index in [1.54, 1.807) is 0 Å². The molecular weight excluding hydrogens is 354 g/mol. The number of ether oxygens (including phenoxy) is 1. The number of carbonyl (C=O) groups is 1. The molecule has 0 N–H and O–H groups in total. The minimum absolute atomic E-state index is 0.149. The predicted octanol–water partition coefficient (Wildman–Crippen LogP) is 1.79. The van der Waals surface area contributed by atoms with Crippen LogP contribution in [-0.2, 0) is 28.2 Å². The molecule has 2 fully saturated rings. The summed E-state index contributed by atoms with van der Waals surface area (Å²) >= 11 is 0. The van der Waals surface area contributed by atoms with E-state index in [1.165, 1.54) is 5.56 Å². The van der Waals surface area contributed by atoms with E-state index in [-0.39, 0.29) is 5.91 Å². The van der Waals surface area contributed by atoms with Crippen molar-refractivity contribution in [3.8, 4) is 0 Å². The highest BCUT2D eigenvalue weighted by Gasteiger charge is 2.47. The quantitative estimate of drug-likeness (QED) is 0.811. The Morgan fingerprint density at radius 2 is 1.86 bits per heavy atom. The molecule has 0 aliphatic carbocycles. The molecule has 1 amide bonds. The van der Waals surface area contributed by atoms with E-state index in [9.17, 15) is 4.79 Å². The van der Waals surface area contributed by atoms with E-state index < -0.39 is 11.7 Å². The smallest absolute Gasteiger partial charge is 0.253 e. The number of hydrogen-bond donors (Lipinski definition) is 0. The van der Waals surface area contributed by atoms with Crippen molar-refractivity contribution in [1.29, 1.82) is 0 Å². The monoisotopic (exact) mass is 381 g/mol. The molecule has 5 heterocycles. The molecule has 3 aliphatic rings. The van der Waals surface area contributed by atoms with Gasteiger partial charge >= 0.3 is 0 Å². The number of rotatable bonds is 3. The summed E-state index contributed by atoms with van der Waals surface area (Å²) in [5.41, 5.74) is 0.829. The van der Waals surface area contributed by atoms with Crippen LogP contribution >= 0.6 is 0 Å². The number of amides is 1. The molecule has 0 unspecified atom stereocenters. The van der Waals surface area contributed by atoms with E-state index >= 15 is 0 Å². The van der Waals surface area contributed by atoms with Crippen molar-refractivity contribution < 1.29 is 9.53 Å². The van der Waals surface area contributed by atoms with Crippen molar-refractivity contribution in [2.45, 2.75) is 50.5 Å². The van der Waals surface area contributed by atoms with Crippen molar-refractivity contribution >= 4 is 5.91 Å². The summed E-state index contributed by atoms with van der Waals surface area (Å²) in [6.45, 7) is 5.08. The fourth-order valence-electron chi connectivity index (χ4n) is 4.83. The standard InChI is InChI=1S/C21H27N5O2/c27-19(25-10-1-2-11-25)18-16-26-14-9-23-20(26)21(28-18)5-12-24(13-6-21)15-17-3-7-22-8-4-17/h3-4,7-9,14,18H,1-2,5-6,10-13,15-16H2/t18-/m1/s1.